The normalized spacial score (nSPS) is 13.7. The highest BCUT2D eigenvalue weighted by molar-refractivity contribution is 5.71. The minimum absolute atomic E-state index is 0.0462. The number of nitrogens with two attached hydrogens (primary N) is 1. The highest BCUT2D eigenvalue weighted by Gasteiger charge is 2.38. The molecule has 0 aromatic heterocycles. The molecular weight excluding hydrogens is 201 g/mol. The van der Waals surface area contributed by atoms with Crippen molar-refractivity contribution in [3.8, 4) is 0 Å². The molecule has 0 aliphatic carbocycles. The summed E-state index contributed by atoms with van der Waals surface area (Å²) in [6.45, 7) is -0.845. The lowest BCUT2D eigenvalue weighted by atomic mass is 10.0. The number of urea groups is 1. The Bertz CT molecular complexity index is 184. The van der Waals surface area contributed by atoms with E-state index < -0.39 is 24.7 Å². The van der Waals surface area contributed by atoms with Crippen molar-refractivity contribution in [2.75, 3.05) is 13.2 Å². The van der Waals surface area contributed by atoms with Gasteiger partial charge in [-0.3, -0.25) is 0 Å². The molecule has 0 aromatic carbocycles. The van der Waals surface area contributed by atoms with Gasteiger partial charge >= 0.3 is 12.2 Å². The van der Waals surface area contributed by atoms with Gasteiger partial charge in [0.05, 0.1) is 5.92 Å². The summed E-state index contributed by atoms with van der Waals surface area (Å²) in [4.78, 5) is 10.2. The Morgan fingerprint density at radius 2 is 2.07 bits per heavy atom. The molecule has 7 heteroatoms. The number of nitrogens with one attached hydrogen (secondary N) is 1. The quantitative estimate of drug-likeness (QED) is 0.627. The molecule has 1 unspecified atom stereocenters. The zero-order chi connectivity index (χ0) is 11.2. The number of rotatable bonds is 5. The van der Waals surface area contributed by atoms with Gasteiger partial charge in [-0.1, -0.05) is 0 Å². The van der Waals surface area contributed by atoms with E-state index in [9.17, 15) is 18.0 Å². The Kier molecular flexibility index (Phi) is 5.29. The van der Waals surface area contributed by atoms with E-state index in [0.717, 1.165) is 0 Å². The minimum atomic E-state index is -4.38. The molecule has 4 N–H and O–H groups in total. The van der Waals surface area contributed by atoms with Gasteiger partial charge in [0, 0.05) is 13.2 Å². The van der Waals surface area contributed by atoms with Gasteiger partial charge in [0.25, 0.3) is 0 Å². The van der Waals surface area contributed by atoms with Crippen LogP contribution in [-0.4, -0.2) is 30.5 Å². The monoisotopic (exact) mass is 214 g/mol. The number of carbonyl (C=O) groups excluding carboxylic acids is 1. The molecule has 0 bridgehead atoms. The summed E-state index contributed by atoms with van der Waals surface area (Å²) in [5.41, 5.74) is 4.65. The van der Waals surface area contributed by atoms with Crippen LogP contribution in [0.2, 0.25) is 0 Å². The molecule has 0 saturated carbocycles. The molecule has 0 aliphatic heterocycles. The number of hydrogen-bond donors (Lipinski definition) is 3. The molecule has 0 aliphatic rings. The first kappa shape index (κ1) is 13.0. The fourth-order valence-corrected chi connectivity index (χ4v) is 0.943. The summed E-state index contributed by atoms with van der Waals surface area (Å²) >= 11 is 0. The predicted octanol–water partition coefficient (Wildman–Crippen LogP) is 0.606. The highest BCUT2D eigenvalue weighted by Crippen LogP contribution is 2.29. The van der Waals surface area contributed by atoms with Gasteiger partial charge in [-0.2, -0.15) is 13.2 Å². The Morgan fingerprint density at radius 3 is 2.43 bits per heavy atom. The van der Waals surface area contributed by atoms with E-state index in [1.165, 1.54) is 0 Å². The Morgan fingerprint density at radius 1 is 1.50 bits per heavy atom. The molecule has 0 radical (unpaired) electrons. The van der Waals surface area contributed by atoms with E-state index in [0.29, 0.717) is 0 Å². The topological polar surface area (TPSA) is 75.4 Å². The SMILES string of the molecule is NC(=O)NCC(CCCO)C(F)(F)F. The number of primary amides is 1. The third-order valence-electron chi connectivity index (χ3n) is 1.70. The summed E-state index contributed by atoms with van der Waals surface area (Å²) in [5.74, 6) is -1.65. The summed E-state index contributed by atoms with van der Waals surface area (Å²) in [7, 11) is 0. The molecular formula is C7H13F3N2O2. The van der Waals surface area contributed by atoms with Crippen LogP contribution < -0.4 is 11.1 Å². The van der Waals surface area contributed by atoms with Crippen molar-refractivity contribution in [3.05, 3.63) is 0 Å². The number of alkyl halides is 3. The number of halogens is 3. The molecule has 14 heavy (non-hydrogen) atoms. The van der Waals surface area contributed by atoms with Crippen LogP contribution >= 0.6 is 0 Å². The predicted molar refractivity (Wildman–Crippen MR) is 43.5 cm³/mol. The fourth-order valence-electron chi connectivity index (χ4n) is 0.943. The average Bonchev–Trinajstić information content (AvgIpc) is 2.01. The summed E-state index contributed by atoms with van der Waals surface area (Å²) in [6, 6.07) is -0.983. The molecule has 0 aromatic rings. The third kappa shape index (κ3) is 5.63. The van der Waals surface area contributed by atoms with Crippen molar-refractivity contribution in [3.63, 3.8) is 0 Å². The van der Waals surface area contributed by atoms with Gasteiger partial charge in [0.2, 0.25) is 0 Å². The van der Waals surface area contributed by atoms with Crippen LogP contribution in [0.4, 0.5) is 18.0 Å². The molecule has 0 saturated heterocycles. The first-order valence-electron chi connectivity index (χ1n) is 4.08. The second-order valence-corrected chi connectivity index (χ2v) is 2.85. The number of hydrogen-bond acceptors (Lipinski definition) is 2. The Balaban J connectivity index is 4.04. The van der Waals surface area contributed by atoms with Gasteiger partial charge in [-0.05, 0) is 12.8 Å². The molecule has 84 valence electrons. The summed E-state index contributed by atoms with van der Waals surface area (Å²) in [6.07, 6.45) is -4.55. The van der Waals surface area contributed by atoms with Gasteiger partial charge < -0.3 is 16.2 Å². The largest absolute Gasteiger partial charge is 0.396 e. The molecule has 2 amide bonds. The second-order valence-electron chi connectivity index (χ2n) is 2.85. The van der Waals surface area contributed by atoms with Crippen molar-refractivity contribution in [2.45, 2.75) is 19.0 Å². The molecule has 0 spiro atoms. The zero-order valence-corrected chi connectivity index (χ0v) is 7.47. The van der Waals surface area contributed by atoms with E-state index in [4.69, 9.17) is 5.11 Å². The van der Waals surface area contributed by atoms with Crippen molar-refractivity contribution >= 4 is 6.03 Å². The lowest BCUT2D eigenvalue weighted by molar-refractivity contribution is -0.174. The third-order valence-corrected chi connectivity index (χ3v) is 1.70. The Hall–Kier alpha value is -0.980. The van der Waals surface area contributed by atoms with Crippen molar-refractivity contribution in [1.82, 2.24) is 5.32 Å². The maximum Gasteiger partial charge on any atom is 0.393 e. The van der Waals surface area contributed by atoms with Crippen LogP contribution in [0, 0.1) is 5.92 Å². The van der Waals surface area contributed by atoms with Gasteiger partial charge in [-0.15, -0.1) is 0 Å². The lowest BCUT2D eigenvalue weighted by Crippen LogP contribution is -2.39. The number of amides is 2. The summed E-state index contributed by atoms with van der Waals surface area (Å²) < 4.78 is 36.7. The fraction of sp³-hybridized carbons (Fsp3) is 0.857. The molecule has 4 nitrogen and oxygen atoms in total. The number of carbonyl (C=O) groups is 1. The molecule has 0 fully saturated rings. The number of aliphatic hydroxyl groups excluding tert-OH is 1. The van der Waals surface area contributed by atoms with E-state index in [-0.39, 0.29) is 19.4 Å². The van der Waals surface area contributed by atoms with Crippen LogP contribution in [0.3, 0.4) is 0 Å². The van der Waals surface area contributed by atoms with E-state index >= 15 is 0 Å². The van der Waals surface area contributed by atoms with Gasteiger partial charge in [0.1, 0.15) is 0 Å². The average molecular weight is 214 g/mol. The first-order chi connectivity index (χ1) is 6.38. The summed E-state index contributed by atoms with van der Waals surface area (Å²) in [5, 5.41) is 10.3. The van der Waals surface area contributed by atoms with Crippen LogP contribution in [0.1, 0.15) is 12.8 Å². The second kappa shape index (κ2) is 5.69. The van der Waals surface area contributed by atoms with Gasteiger partial charge in [0.15, 0.2) is 0 Å². The van der Waals surface area contributed by atoms with E-state index in [1.807, 2.05) is 5.32 Å². The molecule has 0 heterocycles. The maximum atomic E-state index is 12.2. The molecule has 0 rings (SSSR count). The van der Waals surface area contributed by atoms with Crippen molar-refractivity contribution in [1.29, 1.82) is 0 Å². The van der Waals surface area contributed by atoms with Crippen molar-refractivity contribution < 1.29 is 23.1 Å². The Labute approximate surface area is 79.3 Å². The van der Waals surface area contributed by atoms with Crippen LogP contribution in [0.5, 0.6) is 0 Å². The standard InChI is InChI=1S/C7H13F3N2O2/c8-7(9,10)5(2-1-3-13)4-12-6(11)14/h5,13H,1-4H2,(H3,11,12,14). The first-order valence-corrected chi connectivity index (χ1v) is 4.08. The highest BCUT2D eigenvalue weighted by atomic mass is 19.4. The molecule has 1 atom stereocenters. The van der Waals surface area contributed by atoms with Crippen molar-refractivity contribution in [2.24, 2.45) is 11.7 Å². The minimum Gasteiger partial charge on any atom is -0.396 e. The number of aliphatic hydroxyl groups is 1. The van der Waals surface area contributed by atoms with Crippen LogP contribution in [0.15, 0.2) is 0 Å². The van der Waals surface area contributed by atoms with E-state index in [2.05, 4.69) is 5.73 Å². The maximum absolute atomic E-state index is 12.2. The lowest BCUT2D eigenvalue weighted by Gasteiger charge is -2.19. The zero-order valence-electron chi connectivity index (χ0n) is 7.47. The van der Waals surface area contributed by atoms with Gasteiger partial charge in [-0.25, -0.2) is 4.79 Å². The van der Waals surface area contributed by atoms with Crippen LogP contribution in [-0.2, 0) is 0 Å². The smallest absolute Gasteiger partial charge is 0.393 e. The van der Waals surface area contributed by atoms with E-state index in [1.54, 1.807) is 0 Å². The van der Waals surface area contributed by atoms with Crippen LogP contribution in [0.25, 0.3) is 0 Å².